The normalized spacial score (nSPS) is 13.5. The molecular weight excluding hydrogens is 368 g/mol. The molecule has 1 aromatic heterocycles. The van der Waals surface area contributed by atoms with Crippen LogP contribution in [0.2, 0.25) is 0 Å². The zero-order valence-corrected chi connectivity index (χ0v) is 16.6. The summed E-state index contributed by atoms with van der Waals surface area (Å²) in [5.74, 6) is 0.281. The molecule has 0 saturated heterocycles. The lowest BCUT2D eigenvalue weighted by Crippen LogP contribution is -2.20. The Morgan fingerprint density at radius 1 is 1.19 bits per heavy atom. The van der Waals surface area contributed by atoms with E-state index in [1.54, 1.807) is 0 Å². The highest BCUT2D eigenvalue weighted by molar-refractivity contribution is 7.93. The van der Waals surface area contributed by atoms with E-state index in [1.807, 2.05) is 36.4 Å². The smallest absolute Gasteiger partial charge is 0.307 e. The van der Waals surface area contributed by atoms with Gasteiger partial charge in [0.05, 0.1) is 0 Å². The van der Waals surface area contributed by atoms with Crippen molar-refractivity contribution in [1.82, 2.24) is 0 Å². The molecule has 2 N–H and O–H groups in total. The minimum Gasteiger partial charge on any atom is -0.307 e. The van der Waals surface area contributed by atoms with Crippen LogP contribution in [-0.4, -0.2) is 20.7 Å². The number of carbonyl (C=O) groups is 1. The maximum atomic E-state index is 12.5. The Kier molecular flexibility index (Phi) is 5.20. The summed E-state index contributed by atoms with van der Waals surface area (Å²) < 4.78 is 24.4. The van der Waals surface area contributed by atoms with E-state index in [-0.39, 0.29) is 11.9 Å². The third kappa shape index (κ3) is 3.83. The predicted molar refractivity (Wildman–Crippen MR) is 108 cm³/mol. The van der Waals surface area contributed by atoms with Gasteiger partial charge >= 0.3 is 6.03 Å². The van der Waals surface area contributed by atoms with Crippen LogP contribution < -0.4 is 10.6 Å². The van der Waals surface area contributed by atoms with Crippen molar-refractivity contribution in [2.75, 3.05) is 16.9 Å². The van der Waals surface area contributed by atoms with E-state index >= 15 is 0 Å². The maximum Gasteiger partial charge on any atom is 0.324 e. The molecule has 2 aromatic rings. The van der Waals surface area contributed by atoms with Crippen molar-refractivity contribution in [3.8, 4) is 0 Å². The van der Waals surface area contributed by atoms with Gasteiger partial charge in [0, 0.05) is 17.5 Å². The van der Waals surface area contributed by atoms with Crippen LogP contribution in [0.15, 0.2) is 34.6 Å². The van der Waals surface area contributed by atoms with E-state index in [4.69, 9.17) is 0 Å². The molecule has 138 valence electrons. The highest BCUT2D eigenvalue weighted by atomic mass is 32.2. The van der Waals surface area contributed by atoms with Crippen LogP contribution >= 0.6 is 11.3 Å². The van der Waals surface area contributed by atoms with E-state index in [1.165, 1.54) is 6.26 Å². The lowest BCUT2D eigenvalue weighted by atomic mass is 10.0. The number of nitrogens with one attached hydrogen (secondary N) is 2. The Labute approximate surface area is 158 Å². The fraction of sp³-hybridized carbons (Fsp3) is 0.316. The first-order chi connectivity index (χ1) is 12.3. The zero-order valence-electron chi connectivity index (χ0n) is 15.0. The Morgan fingerprint density at radius 3 is 2.62 bits per heavy atom. The number of urea groups is 1. The minimum absolute atomic E-state index is 0.281. The lowest BCUT2D eigenvalue weighted by Gasteiger charge is -2.14. The third-order valence-electron chi connectivity index (χ3n) is 4.25. The molecule has 1 aliphatic rings. The summed E-state index contributed by atoms with van der Waals surface area (Å²) in [6.45, 7) is 4.14. The molecule has 0 aliphatic heterocycles. The molecular formula is C19H22N2O3S2. The van der Waals surface area contributed by atoms with Crippen molar-refractivity contribution in [3.63, 3.8) is 0 Å². The van der Waals surface area contributed by atoms with Crippen LogP contribution in [0.1, 0.15) is 42.9 Å². The highest BCUT2D eigenvalue weighted by Gasteiger charge is 2.25. The molecule has 0 atom stereocenters. The summed E-state index contributed by atoms with van der Waals surface area (Å²) in [5, 5.41) is 6.33. The van der Waals surface area contributed by atoms with Crippen LogP contribution in [0.5, 0.6) is 0 Å². The largest absolute Gasteiger partial charge is 0.324 e. The molecule has 3 rings (SSSR count). The van der Waals surface area contributed by atoms with E-state index < -0.39 is 9.84 Å². The van der Waals surface area contributed by atoms with Gasteiger partial charge in [-0.05, 0) is 36.0 Å². The first-order valence-electron chi connectivity index (χ1n) is 8.46. The van der Waals surface area contributed by atoms with Gasteiger partial charge in [0.2, 0.25) is 0 Å². The molecule has 0 fully saturated rings. The predicted octanol–water partition coefficient (Wildman–Crippen LogP) is 4.88. The topological polar surface area (TPSA) is 75.3 Å². The highest BCUT2D eigenvalue weighted by Crippen LogP contribution is 2.40. The molecule has 1 heterocycles. The van der Waals surface area contributed by atoms with Gasteiger partial charge in [-0.15, -0.1) is 11.3 Å². The minimum atomic E-state index is -3.34. The molecule has 5 nitrogen and oxygen atoms in total. The number of hydrogen-bond acceptors (Lipinski definition) is 4. The van der Waals surface area contributed by atoms with Crippen molar-refractivity contribution in [2.24, 2.45) is 0 Å². The Balaban J connectivity index is 1.87. The number of hydrogen-bond donors (Lipinski definition) is 2. The van der Waals surface area contributed by atoms with E-state index in [9.17, 15) is 13.2 Å². The van der Waals surface area contributed by atoms with Gasteiger partial charge in [0.1, 0.15) is 9.21 Å². The van der Waals surface area contributed by atoms with Crippen LogP contribution in [0, 0.1) is 0 Å². The van der Waals surface area contributed by atoms with Crippen molar-refractivity contribution in [1.29, 1.82) is 0 Å². The molecule has 0 spiro atoms. The van der Waals surface area contributed by atoms with Crippen LogP contribution in [0.25, 0.3) is 6.08 Å². The summed E-state index contributed by atoms with van der Waals surface area (Å²) in [7, 11) is -3.34. The van der Waals surface area contributed by atoms with Crippen molar-refractivity contribution >= 4 is 44.0 Å². The van der Waals surface area contributed by atoms with Gasteiger partial charge in [-0.1, -0.05) is 44.2 Å². The van der Waals surface area contributed by atoms with Gasteiger partial charge in [-0.3, -0.25) is 5.32 Å². The monoisotopic (exact) mass is 390 g/mol. The zero-order chi connectivity index (χ0) is 18.9. The maximum absolute atomic E-state index is 12.5. The average Bonchev–Trinajstić information content (AvgIpc) is 2.94. The second-order valence-corrected chi connectivity index (χ2v) is 9.88. The summed E-state index contributed by atoms with van der Waals surface area (Å²) in [4.78, 5) is 12.5. The Bertz CT molecular complexity index is 973. The Hall–Kier alpha value is -2.12. The van der Waals surface area contributed by atoms with Crippen molar-refractivity contribution in [3.05, 3.63) is 47.0 Å². The number of thiophene rings is 1. The van der Waals surface area contributed by atoms with E-state index in [0.29, 0.717) is 14.8 Å². The summed E-state index contributed by atoms with van der Waals surface area (Å²) >= 11 is 1.12. The standard InChI is InChI=1S/C19H22N2O3S2/c1-12(2)13-8-6-7-11-16(13)20-19(22)21-17-14-9-4-5-10-15(14)18(25-17)26(3,23)24/h5-8,10-12H,4,9H2,1-3H3,(H2,20,21,22). The number of anilines is 2. The van der Waals surface area contributed by atoms with Gasteiger partial charge in [0.25, 0.3) is 0 Å². The number of fused-ring (bicyclic) bond motifs is 1. The average molecular weight is 391 g/mol. The summed E-state index contributed by atoms with van der Waals surface area (Å²) in [6, 6.07) is 7.31. The number of rotatable bonds is 4. The second kappa shape index (κ2) is 7.25. The van der Waals surface area contributed by atoms with Crippen LogP contribution in [-0.2, 0) is 16.3 Å². The molecule has 1 aliphatic carbocycles. The number of amides is 2. The fourth-order valence-electron chi connectivity index (χ4n) is 3.05. The molecule has 0 unspecified atom stereocenters. The van der Waals surface area contributed by atoms with Gasteiger partial charge < -0.3 is 5.32 Å². The molecule has 0 bridgehead atoms. The molecule has 7 heteroatoms. The quantitative estimate of drug-likeness (QED) is 0.781. The van der Waals surface area contributed by atoms with Gasteiger partial charge in [-0.25, -0.2) is 13.2 Å². The van der Waals surface area contributed by atoms with Crippen molar-refractivity contribution < 1.29 is 13.2 Å². The molecule has 26 heavy (non-hydrogen) atoms. The van der Waals surface area contributed by atoms with Crippen molar-refractivity contribution in [2.45, 2.75) is 36.8 Å². The number of benzene rings is 1. The fourth-order valence-corrected chi connectivity index (χ4v) is 5.46. The number of carbonyl (C=O) groups excluding carboxylic acids is 1. The molecule has 0 saturated carbocycles. The van der Waals surface area contributed by atoms with E-state index in [0.717, 1.165) is 41.0 Å². The first-order valence-corrected chi connectivity index (χ1v) is 11.2. The third-order valence-corrected chi connectivity index (χ3v) is 7.26. The SMILES string of the molecule is CC(C)c1ccccc1NC(=O)Nc1sc(S(C)(=O)=O)c2c1CCC=C2. The number of para-hydroxylation sites is 1. The number of sulfone groups is 1. The number of allylic oxidation sites excluding steroid dienone is 1. The first kappa shape index (κ1) is 18.7. The van der Waals surface area contributed by atoms with Crippen LogP contribution in [0.3, 0.4) is 0 Å². The molecule has 0 radical (unpaired) electrons. The molecule has 2 amide bonds. The van der Waals surface area contributed by atoms with E-state index in [2.05, 4.69) is 24.5 Å². The summed E-state index contributed by atoms with van der Waals surface area (Å²) in [5.41, 5.74) is 3.41. The second-order valence-electron chi connectivity index (χ2n) is 6.65. The lowest BCUT2D eigenvalue weighted by molar-refractivity contribution is 0.262. The van der Waals surface area contributed by atoms with Crippen LogP contribution in [0.4, 0.5) is 15.5 Å². The van der Waals surface area contributed by atoms with Gasteiger partial charge in [0.15, 0.2) is 9.84 Å². The molecule has 1 aromatic carbocycles. The summed E-state index contributed by atoms with van der Waals surface area (Å²) in [6.07, 6.45) is 6.55. The van der Waals surface area contributed by atoms with Gasteiger partial charge in [-0.2, -0.15) is 0 Å². The Morgan fingerprint density at radius 2 is 1.92 bits per heavy atom.